The number of hydrogen-bond donors (Lipinski definition) is 1. The molecule has 1 aliphatic heterocycles. The first-order valence-electron chi connectivity index (χ1n) is 13.2. The summed E-state index contributed by atoms with van der Waals surface area (Å²) in [6, 6.07) is 19.1. The minimum atomic E-state index is -0.968. The highest BCUT2D eigenvalue weighted by atomic mass is 19.1. The fourth-order valence-electron chi connectivity index (χ4n) is 5.36. The molecule has 5 rings (SSSR count). The number of allylic oxidation sites excluding steroid dienone is 2. The molecule has 0 spiro atoms. The summed E-state index contributed by atoms with van der Waals surface area (Å²) >= 11 is 0. The first-order valence-corrected chi connectivity index (χ1v) is 13.2. The van der Waals surface area contributed by atoms with Gasteiger partial charge < -0.3 is 4.90 Å². The summed E-state index contributed by atoms with van der Waals surface area (Å²) in [5.74, 6) is -1.40. The summed E-state index contributed by atoms with van der Waals surface area (Å²) in [6.07, 6.45) is 5.68. The van der Waals surface area contributed by atoms with Gasteiger partial charge in [0, 0.05) is 25.7 Å². The monoisotopic (exact) mass is 545 g/mol. The van der Waals surface area contributed by atoms with Gasteiger partial charge in [0.05, 0.1) is 11.5 Å². The van der Waals surface area contributed by atoms with Crippen LogP contribution < -0.4 is 5.43 Å². The number of rotatable bonds is 6. The molecular weight excluding hydrogens is 515 g/mol. The Bertz CT molecular complexity index is 1430. The molecule has 2 aliphatic rings. The van der Waals surface area contributed by atoms with Gasteiger partial charge in [-0.05, 0) is 84.5 Å². The lowest BCUT2D eigenvalue weighted by atomic mass is 9.72. The number of likely N-dealkylation sites (N-methyl/N-ethyl adjacent to an activating group) is 1. The van der Waals surface area contributed by atoms with Gasteiger partial charge in [0.1, 0.15) is 17.5 Å². The van der Waals surface area contributed by atoms with Gasteiger partial charge in [0.15, 0.2) is 0 Å². The molecule has 1 fully saturated rings. The number of piperidine rings is 1. The predicted molar refractivity (Wildman–Crippen MR) is 148 cm³/mol. The Morgan fingerprint density at radius 2 is 1.40 bits per heavy atom. The van der Waals surface area contributed by atoms with Crippen LogP contribution in [-0.4, -0.2) is 47.9 Å². The zero-order valence-electron chi connectivity index (χ0n) is 22.1. The lowest BCUT2D eigenvalue weighted by Crippen LogP contribution is -2.57. The Kier molecular flexibility index (Phi) is 7.89. The average molecular weight is 546 g/mol. The van der Waals surface area contributed by atoms with E-state index >= 15 is 0 Å². The summed E-state index contributed by atoms with van der Waals surface area (Å²) < 4.78 is 40.4. The van der Waals surface area contributed by atoms with Crippen LogP contribution in [0.1, 0.15) is 35.2 Å². The number of nitrogens with zero attached hydrogens (tertiary/aromatic N) is 2. The summed E-state index contributed by atoms with van der Waals surface area (Å²) in [5, 5.41) is 1.66. The number of amides is 2. The Labute approximate surface area is 231 Å². The Morgan fingerprint density at radius 1 is 0.850 bits per heavy atom. The second-order valence-corrected chi connectivity index (χ2v) is 10.3. The van der Waals surface area contributed by atoms with Crippen LogP contribution in [0, 0.1) is 11.6 Å². The van der Waals surface area contributed by atoms with Crippen molar-refractivity contribution < 1.29 is 22.8 Å². The van der Waals surface area contributed by atoms with Gasteiger partial charge in [-0.3, -0.25) is 15.0 Å². The van der Waals surface area contributed by atoms with Crippen molar-refractivity contribution in [1.29, 1.82) is 0 Å². The van der Waals surface area contributed by atoms with Gasteiger partial charge >= 0.3 is 0 Å². The molecular formula is C32H30F3N3O2. The van der Waals surface area contributed by atoms with Crippen LogP contribution in [0.25, 0.3) is 11.1 Å². The van der Waals surface area contributed by atoms with Crippen LogP contribution >= 0.6 is 0 Å². The highest BCUT2D eigenvalue weighted by molar-refractivity contribution is 5.95. The van der Waals surface area contributed by atoms with Crippen molar-refractivity contribution in [2.45, 2.75) is 30.7 Å². The molecule has 40 heavy (non-hydrogen) atoms. The molecule has 1 aliphatic carbocycles. The van der Waals surface area contributed by atoms with Gasteiger partial charge in [-0.1, -0.05) is 42.5 Å². The molecule has 1 heterocycles. The first kappa shape index (κ1) is 27.4. The molecule has 0 bridgehead atoms. The fourth-order valence-corrected chi connectivity index (χ4v) is 5.36. The lowest BCUT2D eigenvalue weighted by molar-refractivity contribution is -0.133. The number of halogens is 3. The molecule has 1 saturated heterocycles. The van der Waals surface area contributed by atoms with Crippen LogP contribution in [0.2, 0.25) is 0 Å². The van der Waals surface area contributed by atoms with Crippen molar-refractivity contribution in [3.63, 3.8) is 0 Å². The smallest absolute Gasteiger partial charge is 0.253 e. The molecule has 3 aromatic rings. The summed E-state index contributed by atoms with van der Waals surface area (Å²) in [6.45, 7) is 0.675. The van der Waals surface area contributed by atoms with E-state index in [1.54, 1.807) is 59.4 Å². The second-order valence-electron chi connectivity index (χ2n) is 10.3. The number of benzene rings is 3. The van der Waals surface area contributed by atoms with Crippen molar-refractivity contribution in [3.8, 4) is 11.1 Å². The molecule has 8 heteroatoms. The molecule has 0 aromatic heterocycles. The zero-order valence-corrected chi connectivity index (χ0v) is 22.1. The Morgan fingerprint density at radius 3 is 1.95 bits per heavy atom. The van der Waals surface area contributed by atoms with Gasteiger partial charge in [-0.25, -0.2) is 18.2 Å². The van der Waals surface area contributed by atoms with E-state index in [9.17, 15) is 22.8 Å². The average Bonchev–Trinajstić information content (AvgIpc) is 2.98. The van der Waals surface area contributed by atoms with Crippen LogP contribution in [0.15, 0.2) is 96.9 Å². The molecule has 206 valence electrons. The van der Waals surface area contributed by atoms with Crippen LogP contribution in [0.3, 0.4) is 0 Å². The molecule has 3 aromatic carbocycles. The maximum absolute atomic E-state index is 13.8. The van der Waals surface area contributed by atoms with E-state index in [4.69, 9.17) is 0 Å². The van der Waals surface area contributed by atoms with E-state index in [1.165, 1.54) is 36.4 Å². The number of carbonyl (C=O) groups excluding carboxylic acids is 2. The van der Waals surface area contributed by atoms with E-state index in [0.717, 1.165) is 11.1 Å². The lowest BCUT2D eigenvalue weighted by Gasteiger charge is -2.42. The van der Waals surface area contributed by atoms with Crippen molar-refractivity contribution >= 4 is 11.8 Å². The second kappa shape index (κ2) is 11.5. The zero-order chi connectivity index (χ0) is 28.3. The summed E-state index contributed by atoms with van der Waals surface area (Å²) in [4.78, 5) is 28.8. The number of likely N-dealkylation sites (tertiary alicyclic amines) is 1. The topological polar surface area (TPSA) is 52.7 Å². The maximum Gasteiger partial charge on any atom is 0.253 e. The van der Waals surface area contributed by atoms with Crippen molar-refractivity contribution in [3.05, 3.63) is 120 Å². The minimum absolute atomic E-state index is 0.142. The van der Waals surface area contributed by atoms with Crippen molar-refractivity contribution in [2.24, 2.45) is 0 Å². The number of nitrogens with one attached hydrogen (secondary N) is 1. The van der Waals surface area contributed by atoms with Crippen molar-refractivity contribution in [2.75, 3.05) is 20.1 Å². The quantitative estimate of drug-likeness (QED) is 0.390. The minimum Gasteiger partial charge on any atom is -0.339 e. The molecule has 1 unspecified atom stereocenters. The third-order valence-electron chi connectivity index (χ3n) is 7.85. The summed E-state index contributed by atoms with van der Waals surface area (Å²) in [7, 11) is 1.73. The van der Waals surface area contributed by atoms with E-state index < -0.39 is 11.2 Å². The third kappa shape index (κ3) is 5.72. The number of hydrogen-bond acceptors (Lipinski definition) is 3. The van der Waals surface area contributed by atoms with Crippen molar-refractivity contribution in [1.82, 2.24) is 15.3 Å². The molecule has 5 nitrogen and oxygen atoms in total. The van der Waals surface area contributed by atoms with E-state index in [0.29, 0.717) is 43.5 Å². The number of carbonyl (C=O) groups is 2. The fraction of sp³-hybridized carbons (Fsp3) is 0.250. The molecule has 1 N–H and O–H groups in total. The molecule has 0 radical (unpaired) electrons. The van der Waals surface area contributed by atoms with Gasteiger partial charge in [0.25, 0.3) is 5.91 Å². The normalized spacial score (nSPS) is 18.4. The Balaban J connectivity index is 1.30. The van der Waals surface area contributed by atoms with Crippen LogP contribution in [0.5, 0.6) is 0 Å². The molecule has 0 saturated carbocycles. The van der Waals surface area contributed by atoms with Gasteiger partial charge in [-0.2, -0.15) is 0 Å². The van der Waals surface area contributed by atoms with Crippen LogP contribution in [0.4, 0.5) is 13.2 Å². The third-order valence-corrected chi connectivity index (χ3v) is 7.85. The highest BCUT2D eigenvalue weighted by Crippen LogP contribution is 2.37. The first-order chi connectivity index (χ1) is 19.2. The standard InChI is InChI=1S/C32H30F3N3O2/c1-37(29-16-14-28(35)15-17-29)36-31(40)32(25-8-12-27(34)13-9-25)18-20-38(21-19-32)30(39)24-4-2-22(3-5-24)23-6-10-26(33)11-7-23/h2-16,29H,17-21H2,1H3,(H,36,40). The largest absolute Gasteiger partial charge is 0.339 e. The molecule has 1 atom stereocenters. The predicted octanol–water partition coefficient (Wildman–Crippen LogP) is 5.95. The molecule has 2 amide bonds. The van der Waals surface area contributed by atoms with Gasteiger partial charge in [0.2, 0.25) is 5.91 Å². The van der Waals surface area contributed by atoms with Crippen LogP contribution in [-0.2, 0) is 10.2 Å². The highest BCUT2D eigenvalue weighted by Gasteiger charge is 2.44. The van der Waals surface area contributed by atoms with E-state index in [1.807, 2.05) is 12.1 Å². The van der Waals surface area contributed by atoms with Gasteiger partial charge in [-0.15, -0.1) is 0 Å². The van der Waals surface area contributed by atoms with E-state index in [-0.39, 0.29) is 29.5 Å². The van der Waals surface area contributed by atoms with E-state index in [2.05, 4.69) is 5.43 Å². The number of hydrazine groups is 1. The maximum atomic E-state index is 13.8. The summed E-state index contributed by atoms with van der Waals surface area (Å²) in [5.41, 5.74) is 4.92. The SMILES string of the molecule is CN(NC(=O)C1(c2ccc(F)cc2)CCN(C(=O)c2ccc(-c3ccc(F)cc3)cc2)CC1)C1C=CC(F)=CC1. The Hall–Kier alpha value is -4.17.